The van der Waals surface area contributed by atoms with Gasteiger partial charge in [0.25, 0.3) is 0 Å². The van der Waals surface area contributed by atoms with Gasteiger partial charge < -0.3 is 14.4 Å². The Balaban J connectivity index is 1.47. The minimum Gasteiger partial charge on any atom is -0.449 e. The predicted octanol–water partition coefficient (Wildman–Crippen LogP) is 6.15. The molecule has 1 aliphatic rings. The van der Waals surface area contributed by atoms with Gasteiger partial charge in [0.15, 0.2) is 9.84 Å². The second-order valence-corrected chi connectivity index (χ2v) is 12.2. The summed E-state index contributed by atoms with van der Waals surface area (Å²) < 4.78 is 103. The molecule has 1 heterocycles. The number of hydrogen-bond acceptors (Lipinski definition) is 6. The van der Waals surface area contributed by atoms with Crippen LogP contribution in [0.2, 0.25) is 5.02 Å². The van der Waals surface area contributed by atoms with Crippen molar-refractivity contribution in [2.24, 2.45) is 5.92 Å². The minimum absolute atomic E-state index is 0.0612. The zero-order chi connectivity index (χ0) is 31.5. The average Bonchev–Trinajstić information content (AvgIpc) is 2.93. The van der Waals surface area contributed by atoms with Gasteiger partial charge in [-0.25, -0.2) is 22.0 Å². The van der Waals surface area contributed by atoms with Crippen molar-refractivity contribution in [1.82, 2.24) is 4.90 Å². The third-order valence-electron chi connectivity index (χ3n) is 6.57. The number of benzene rings is 3. The number of nitrogens with zero attached hydrogens (tertiary/aromatic N) is 2. The van der Waals surface area contributed by atoms with E-state index in [1.165, 1.54) is 48.2 Å². The summed E-state index contributed by atoms with van der Waals surface area (Å²) in [6.07, 6.45) is -5.90. The highest BCUT2D eigenvalue weighted by atomic mass is 35.5. The third kappa shape index (κ3) is 7.73. The van der Waals surface area contributed by atoms with Crippen LogP contribution in [0.1, 0.15) is 17.7 Å². The lowest BCUT2D eigenvalue weighted by Gasteiger charge is -2.34. The van der Waals surface area contributed by atoms with Crippen LogP contribution in [0.4, 0.5) is 32.4 Å². The van der Waals surface area contributed by atoms with Crippen molar-refractivity contribution in [3.8, 4) is 5.75 Å². The number of piperazine rings is 1. The average molecular weight is 647 g/mol. The van der Waals surface area contributed by atoms with Crippen molar-refractivity contribution < 1.29 is 49.4 Å². The second-order valence-electron chi connectivity index (χ2n) is 9.65. The zero-order valence-corrected chi connectivity index (χ0v) is 23.9. The molecule has 0 aliphatic carbocycles. The van der Waals surface area contributed by atoms with Crippen LogP contribution in [-0.2, 0) is 19.4 Å². The number of carbonyl (C=O) groups is 2. The molecule has 3 aromatic rings. The fourth-order valence-corrected chi connectivity index (χ4v) is 6.75. The standard InChI is InChI=1S/C28H24ClF5N2O6S/c1-17(26(23-13-19(30)7-10-24(23)31)43(39,40)22-8-5-18(29)6-9-22)16-41-27(38)35-11-12-36(25(37)15-35)20-3-2-4-21(14-20)42-28(32,33)34/h2-10,13-14,17,26H,11-12,15-16H2,1H3/t17-,26+/m1/s1. The topological polar surface area (TPSA) is 93.2 Å². The van der Waals surface area contributed by atoms with Crippen LogP contribution in [-0.4, -0.2) is 57.9 Å². The molecule has 1 fully saturated rings. The van der Waals surface area contributed by atoms with Crippen LogP contribution in [0.15, 0.2) is 71.6 Å². The smallest absolute Gasteiger partial charge is 0.449 e. The number of anilines is 1. The van der Waals surface area contributed by atoms with Gasteiger partial charge in [0.05, 0.1) is 16.8 Å². The number of amides is 2. The highest BCUT2D eigenvalue weighted by Crippen LogP contribution is 2.37. The summed E-state index contributed by atoms with van der Waals surface area (Å²) in [5.74, 6) is -4.08. The van der Waals surface area contributed by atoms with E-state index in [1.54, 1.807) is 0 Å². The Kier molecular flexibility index (Phi) is 9.50. The van der Waals surface area contributed by atoms with Gasteiger partial charge in [-0.1, -0.05) is 24.6 Å². The molecule has 3 aromatic carbocycles. The van der Waals surface area contributed by atoms with Gasteiger partial charge in [-0.2, -0.15) is 0 Å². The summed E-state index contributed by atoms with van der Waals surface area (Å²) in [4.78, 5) is 27.6. The van der Waals surface area contributed by atoms with Crippen molar-refractivity contribution >= 4 is 39.1 Å². The van der Waals surface area contributed by atoms with E-state index in [9.17, 15) is 40.0 Å². The van der Waals surface area contributed by atoms with Crippen molar-refractivity contribution in [2.75, 3.05) is 31.1 Å². The molecule has 0 spiro atoms. The molecule has 43 heavy (non-hydrogen) atoms. The summed E-state index contributed by atoms with van der Waals surface area (Å²) in [5, 5.41) is -1.41. The lowest BCUT2D eigenvalue weighted by atomic mass is 10.0. The van der Waals surface area contributed by atoms with Gasteiger partial charge in [0.2, 0.25) is 5.91 Å². The van der Waals surface area contributed by atoms with Gasteiger partial charge in [-0.15, -0.1) is 13.2 Å². The molecule has 0 aromatic heterocycles. The molecule has 0 radical (unpaired) electrons. The largest absolute Gasteiger partial charge is 0.573 e. The number of sulfone groups is 1. The van der Waals surface area contributed by atoms with Gasteiger partial charge >= 0.3 is 12.5 Å². The molecule has 1 aliphatic heterocycles. The first-order chi connectivity index (χ1) is 20.2. The van der Waals surface area contributed by atoms with Crippen LogP contribution >= 0.6 is 11.6 Å². The Morgan fingerprint density at radius 3 is 2.37 bits per heavy atom. The van der Waals surface area contributed by atoms with Crippen LogP contribution in [0.3, 0.4) is 0 Å². The second kappa shape index (κ2) is 12.8. The monoisotopic (exact) mass is 646 g/mol. The van der Waals surface area contributed by atoms with E-state index in [4.69, 9.17) is 16.3 Å². The minimum atomic E-state index is -4.92. The summed E-state index contributed by atoms with van der Waals surface area (Å²) in [7, 11) is -4.36. The van der Waals surface area contributed by atoms with Crippen molar-refractivity contribution in [3.05, 3.63) is 89.0 Å². The van der Waals surface area contributed by atoms with Gasteiger partial charge in [-0.05, 0) is 54.6 Å². The number of ether oxygens (including phenoxy) is 2. The maximum absolute atomic E-state index is 14.8. The van der Waals surface area contributed by atoms with Crippen molar-refractivity contribution in [1.29, 1.82) is 0 Å². The molecule has 2 atom stereocenters. The van der Waals surface area contributed by atoms with Crippen LogP contribution in [0.25, 0.3) is 0 Å². The SMILES string of the molecule is C[C@H](COC(=O)N1CCN(c2cccc(OC(F)(F)F)c2)C(=O)C1)[C@@H](c1cc(F)ccc1F)S(=O)(=O)c1ccc(Cl)cc1. The molecular formula is C28H24ClF5N2O6S. The summed E-state index contributed by atoms with van der Waals surface area (Å²) in [5.41, 5.74) is -0.334. The molecule has 1 saturated heterocycles. The molecule has 0 unspecified atom stereocenters. The number of carbonyl (C=O) groups excluding carboxylic acids is 2. The maximum Gasteiger partial charge on any atom is 0.573 e. The quantitative estimate of drug-likeness (QED) is 0.273. The highest BCUT2D eigenvalue weighted by Gasteiger charge is 2.38. The summed E-state index contributed by atoms with van der Waals surface area (Å²) in [6, 6.07) is 12.3. The zero-order valence-electron chi connectivity index (χ0n) is 22.4. The third-order valence-corrected chi connectivity index (χ3v) is 9.14. The summed E-state index contributed by atoms with van der Waals surface area (Å²) >= 11 is 5.87. The molecular weight excluding hydrogens is 623 g/mol. The summed E-state index contributed by atoms with van der Waals surface area (Å²) in [6.45, 7) is 0.213. The molecule has 0 N–H and O–H groups in total. The lowest BCUT2D eigenvalue weighted by molar-refractivity contribution is -0.274. The molecule has 15 heteroatoms. The van der Waals surface area contributed by atoms with Crippen LogP contribution in [0, 0.1) is 17.6 Å². The number of hydrogen-bond donors (Lipinski definition) is 0. The fraction of sp³-hybridized carbons (Fsp3) is 0.286. The maximum atomic E-state index is 14.8. The Morgan fingerprint density at radius 2 is 1.72 bits per heavy atom. The van der Waals surface area contributed by atoms with E-state index in [1.807, 2.05) is 0 Å². The number of halogens is 6. The van der Waals surface area contributed by atoms with Gasteiger partial charge in [0, 0.05) is 41.3 Å². The normalized spacial score (nSPS) is 15.7. The van der Waals surface area contributed by atoms with Crippen LogP contribution in [0.5, 0.6) is 5.75 Å². The fourth-order valence-electron chi connectivity index (χ4n) is 4.62. The first-order valence-corrected chi connectivity index (χ1v) is 14.6. The van der Waals surface area contributed by atoms with Gasteiger partial charge in [0.1, 0.15) is 23.9 Å². The highest BCUT2D eigenvalue weighted by molar-refractivity contribution is 7.91. The van der Waals surface area contributed by atoms with Crippen molar-refractivity contribution in [3.63, 3.8) is 0 Å². The Bertz CT molecular complexity index is 1600. The Morgan fingerprint density at radius 1 is 1.02 bits per heavy atom. The van der Waals surface area contributed by atoms with E-state index in [0.717, 1.165) is 35.2 Å². The van der Waals surface area contributed by atoms with E-state index < -0.39 is 75.5 Å². The molecule has 0 saturated carbocycles. The molecule has 8 nitrogen and oxygen atoms in total. The van der Waals surface area contributed by atoms with E-state index in [2.05, 4.69) is 4.74 Å². The lowest BCUT2D eigenvalue weighted by Crippen LogP contribution is -2.52. The number of alkyl halides is 3. The van der Waals surface area contributed by atoms with Gasteiger partial charge in [-0.3, -0.25) is 9.69 Å². The van der Waals surface area contributed by atoms with E-state index in [0.29, 0.717) is 0 Å². The molecule has 2 amide bonds. The Hall–Kier alpha value is -3.91. The Labute approximate surface area is 248 Å². The van der Waals surface area contributed by atoms with Crippen LogP contribution < -0.4 is 9.64 Å². The molecule has 4 rings (SSSR count). The molecule has 230 valence electrons. The van der Waals surface area contributed by atoms with E-state index >= 15 is 0 Å². The predicted molar refractivity (Wildman–Crippen MR) is 145 cm³/mol. The first-order valence-electron chi connectivity index (χ1n) is 12.7. The molecule has 0 bridgehead atoms. The first kappa shape index (κ1) is 32.0. The number of rotatable bonds is 8. The van der Waals surface area contributed by atoms with Crippen molar-refractivity contribution in [2.45, 2.75) is 23.4 Å². The van der Waals surface area contributed by atoms with E-state index in [-0.39, 0.29) is 28.7 Å².